The molecule has 4 rings (SSSR count). The molecule has 7 nitrogen and oxygen atoms in total. The molecule has 130 valence electrons. The number of carbonyl (C=O) groups is 1. The minimum absolute atomic E-state index is 0.0435. The van der Waals surface area contributed by atoms with Crippen molar-refractivity contribution in [2.75, 3.05) is 14.2 Å². The maximum absolute atomic E-state index is 12.2. The van der Waals surface area contributed by atoms with Crippen molar-refractivity contribution in [1.82, 2.24) is 14.7 Å². The number of phenols is 1. The number of amides is 1. The van der Waals surface area contributed by atoms with E-state index in [9.17, 15) is 9.90 Å². The van der Waals surface area contributed by atoms with Crippen molar-refractivity contribution in [2.45, 2.75) is 18.9 Å². The number of thiazole rings is 1. The molecule has 0 radical (unpaired) electrons. The van der Waals surface area contributed by atoms with Gasteiger partial charge in [0.2, 0.25) is 11.7 Å². The van der Waals surface area contributed by atoms with E-state index in [1.165, 1.54) is 14.2 Å². The summed E-state index contributed by atoms with van der Waals surface area (Å²) < 4.78 is 12.6. The van der Waals surface area contributed by atoms with Crippen LogP contribution in [0.4, 0.5) is 0 Å². The van der Waals surface area contributed by atoms with Crippen LogP contribution in [0.5, 0.6) is 17.2 Å². The summed E-state index contributed by atoms with van der Waals surface area (Å²) in [5.74, 6) is 0.308. The summed E-state index contributed by atoms with van der Waals surface area (Å²) in [5.41, 5.74) is 2.66. The van der Waals surface area contributed by atoms with Crippen molar-refractivity contribution in [3.8, 4) is 17.2 Å². The monoisotopic (exact) mass is 359 g/mol. The van der Waals surface area contributed by atoms with Gasteiger partial charge in [-0.2, -0.15) is 0 Å². The van der Waals surface area contributed by atoms with Gasteiger partial charge in [0.05, 0.1) is 32.2 Å². The van der Waals surface area contributed by atoms with E-state index in [-0.39, 0.29) is 24.0 Å². The third-order valence-electron chi connectivity index (χ3n) is 4.45. The Morgan fingerprint density at radius 2 is 2.04 bits per heavy atom. The first-order chi connectivity index (χ1) is 12.1. The number of aromatic hydroxyl groups is 1. The second kappa shape index (κ2) is 5.96. The average molecular weight is 359 g/mol. The molecule has 0 spiro atoms. The van der Waals surface area contributed by atoms with Gasteiger partial charge >= 0.3 is 0 Å². The Hall–Kier alpha value is -2.74. The second-order valence-corrected chi connectivity index (χ2v) is 6.68. The quantitative estimate of drug-likeness (QED) is 0.749. The molecule has 1 aliphatic heterocycles. The maximum atomic E-state index is 12.2. The van der Waals surface area contributed by atoms with Crippen LogP contribution >= 0.6 is 11.3 Å². The van der Waals surface area contributed by atoms with E-state index < -0.39 is 0 Å². The van der Waals surface area contributed by atoms with Gasteiger partial charge in [-0.15, -0.1) is 11.3 Å². The normalized spacial score (nSPS) is 17.0. The summed E-state index contributed by atoms with van der Waals surface area (Å²) in [6.07, 6.45) is 2.25. The molecule has 0 bridgehead atoms. The van der Waals surface area contributed by atoms with E-state index in [0.717, 1.165) is 21.9 Å². The lowest BCUT2D eigenvalue weighted by Gasteiger charge is -2.18. The van der Waals surface area contributed by atoms with Crippen molar-refractivity contribution in [2.24, 2.45) is 0 Å². The first kappa shape index (κ1) is 15.8. The highest BCUT2D eigenvalue weighted by atomic mass is 32.1. The predicted molar refractivity (Wildman–Crippen MR) is 92.6 cm³/mol. The first-order valence-corrected chi connectivity index (χ1v) is 8.66. The van der Waals surface area contributed by atoms with Crippen molar-refractivity contribution < 1.29 is 19.4 Å². The molecule has 1 aliphatic rings. The minimum Gasteiger partial charge on any atom is -0.502 e. The molecule has 0 saturated carbocycles. The molecule has 0 saturated heterocycles. The molecular weight excluding hydrogens is 342 g/mol. The van der Waals surface area contributed by atoms with Crippen molar-refractivity contribution in [3.63, 3.8) is 0 Å². The summed E-state index contributed by atoms with van der Waals surface area (Å²) in [5, 5.41) is 15.0. The maximum Gasteiger partial charge on any atom is 0.221 e. The standard InChI is InChI=1S/C17H17N3O4S/c1-23-12-5-9(6-13(24-2)16(12)22)10-7-14(21)18-8-11-15(10)20-3-4-25-17(20)19-11/h3-6,10,22H,7-8H2,1-2H3,(H,18,21). The molecule has 0 aliphatic carbocycles. The summed E-state index contributed by atoms with van der Waals surface area (Å²) in [7, 11) is 2.97. The topological polar surface area (TPSA) is 85.1 Å². The number of hydrogen-bond acceptors (Lipinski definition) is 6. The zero-order chi connectivity index (χ0) is 17.6. The van der Waals surface area contributed by atoms with Crippen LogP contribution in [0.2, 0.25) is 0 Å². The van der Waals surface area contributed by atoms with E-state index in [1.807, 2.05) is 16.0 Å². The van der Waals surface area contributed by atoms with E-state index in [1.54, 1.807) is 23.5 Å². The lowest BCUT2D eigenvalue weighted by atomic mass is 9.91. The Bertz CT molecular complexity index is 937. The van der Waals surface area contributed by atoms with Crippen LogP contribution < -0.4 is 14.8 Å². The highest BCUT2D eigenvalue weighted by molar-refractivity contribution is 7.15. The summed E-state index contributed by atoms with van der Waals surface area (Å²) in [6.45, 7) is 0.408. The van der Waals surface area contributed by atoms with Crippen LogP contribution in [0.25, 0.3) is 4.96 Å². The molecule has 1 atom stereocenters. The lowest BCUT2D eigenvalue weighted by molar-refractivity contribution is -0.121. The fraction of sp³-hybridized carbons (Fsp3) is 0.294. The third-order valence-corrected chi connectivity index (χ3v) is 5.21. The van der Waals surface area contributed by atoms with Crippen molar-refractivity contribution in [3.05, 3.63) is 40.7 Å². The number of imidazole rings is 1. The zero-order valence-corrected chi connectivity index (χ0v) is 14.6. The van der Waals surface area contributed by atoms with Gasteiger partial charge in [-0.1, -0.05) is 0 Å². The summed E-state index contributed by atoms with van der Waals surface area (Å²) in [4.78, 5) is 17.8. The fourth-order valence-electron chi connectivity index (χ4n) is 3.27. The molecule has 2 N–H and O–H groups in total. The molecule has 2 aromatic heterocycles. The summed E-state index contributed by atoms with van der Waals surface area (Å²) >= 11 is 1.55. The second-order valence-electron chi connectivity index (χ2n) is 5.81. The fourth-order valence-corrected chi connectivity index (χ4v) is 4.01. The largest absolute Gasteiger partial charge is 0.502 e. The zero-order valence-electron chi connectivity index (χ0n) is 13.8. The number of hydrogen-bond donors (Lipinski definition) is 2. The number of benzene rings is 1. The van der Waals surface area contributed by atoms with E-state index >= 15 is 0 Å². The number of ether oxygens (including phenoxy) is 2. The van der Waals surface area contributed by atoms with Gasteiger partial charge in [-0.3, -0.25) is 9.20 Å². The smallest absolute Gasteiger partial charge is 0.221 e. The highest BCUT2D eigenvalue weighted by Crippen LogP contribution is 2.42. The average Bonchev–Trinajstić information content (AvgIpc) is 3.15. The van der Waals surface area contributed by atoms with Gasteiger partial charge in [-0.05, 0) is 17.7 Å². The van der Waals surface area contributed by atoms with Crippen LogP contribution in [0.3, 0.4) is 0 Å². The van der Waals surface area contributed by atoms with Crippen LogP contribution in [-0.4, -0.2) is 34.6 Å². The van der Waals surface area contributed by atoms with E-state index in [2.05, 4.69) is 10.3 Å². The van der Waals surface area contributed by atoms with Gasteiger partial charge in [0.25, 0.3) is 0 Å². The highest BCUT2D eigenvalue weighted by Gasteiger charge is 2.30. The van der Waals surface area contributed by atoms with Gasteiger partial charge in [0.1, 0.15) is 0 Å². The molecule has 1 unspecified atom stereocenters. The minimum atomic E-state index is -0.217. The number of phenolic OH excluding ortho intramolecular Hbond substituents is 1. The molecular formula is C17H17N3O4S. The van der Waals surface area contributed by atoms with E-state index in [4.69, 9.17) is 9.47 Å². The Morgan fingerprint density at radius 3 is 2.72 bits per heavy atom. The number of methoxy groups -OCH3 is 2. The van der Waals surface area contributed by atoms with Crippen LogP contribution in [0.1, 0.15) is 29.3 Å². The molecule has 1 amide bonds. The van der Waals surface area contributed by atoms with Gasteiger partial charge in [-0.25, -0.2) is 4.98 Å². The molecule has 3 heterocycles. The molecule has 8 heteroatoms. The number of fused-ring (bicyclic) bond motifs is 3. The third kappa shape index (κ3) is 2.49. The van der Waals surface area contributed by atoms with Crippen LogP contribution in [0, 0.1) is 0 Å². The molecule has 1 aromatic carbocycles. The number of nitrogens with one attached hydrogen (secondary N) is 1. The number of carbonyl (C=O) groups excluding carboxylic acids is 1. The van der Waals surface area contributed by atoms with Crippen LogP contribution in [-0.2, 0) is 11.3 Å². The number of rotatable bonds is 3. The van der Waals surface area contributed by atoms with Crippen molar-refractivity contribution in [1.29, 1.82) is 0 Å². The number of nitrogens with zero attached hydrogens (tertiary/aromatic N) is 2. The van der Waals surface area contributed by atoms with Gasteiger partial charge in [0, 0.05) is 23.9 Å². The lowest BCUT2D eigenvalue weighted by Crippen LogP contribution is -2.21. The SMILES string of the molecule is COc1cc(C2CC(=O)NCc3nc4sccn4c32)cc(OC)c1O. The summed E-state index contributed by atoms with van der Waals surface area (Å²) in [6, 6.07) is 3.49. The predicted octanol–water partition coefficient (Wildman–Crippen LogP) is 2.27. The molecule has 0 fully saturated rings. The van der Waals surface area contributed by atoms with Gasteiger partial charge < -0.3 is 19.9 Å². The Labute approximate surface area is 147 Å². The Kier molecular flexibility index (Phi) is 3.76. The van der Waals surface area contributed by atoms with Crippen molar-refractivity contribution >= 4 is 22.2 Å². The van der Waals surface area contributed by atoms with Crippen LogP contribution in [0.15, 0.2) is 23.7 Å². The Balaban J connectivity index is 1.93. The molecule has 3 aromatic rings. The number of aromatic nitrogens is 2. The first-order valence-electron chi connectivity index (χ1n) is 7.78. The van der Waals surface area contributed by atoms with Gasteiger partial charge in [0.15, 0.2) is 16.5 Å². The van der Waals surface area contributed by atoms with E-state index in [0.29, 0.717) is 18.0 Å². The molecule has 25 heavy (non-hydrogen) atoms. The Morgan fingerprint density at radius 1 is 1.32 bits per heavy atom.